The van der Waals surface area contributed by atoms with Crippen molar-refractivity contribution in [3.05, 3.63) is 40.2 Å². The predicted molar refractivity (Wildman–Crippen MR) is 63.2 cm³/mol. The number of thiazole rings is 1. The second-order valence-corrected chi connectivity index (χ2v) is 4.56. The van der Waals surface area contributed by atoms with Crippen LogP contribution in [0.4, 0.5) is 0 Å². The van der Waals surface area contributed by atoms with E-state index < -0.39 is 0 Å². The lowest BCUT2D eigenvalue weighted by atomic mass is 10.3. The molecule has 4 nitrogen and oxygen atoms in total. The van der Waals surface area contributed by atoms with Gasteiger partial charge in [0.25, 0.3) is 5.56 Å². The van der Waals surface area contributed by atoms with E-state index in [1.54, 1.807) is 6.92 Å². The average molecular weight is 232 g/mol. The number of benzene rings is 1. The zero-order valence-electron chi connectivity index (χ0n) is 8.47. The summed E-state index contributed by atoms with van der Waals surface area (Å²) in [5, 5.41) is 9.51. The van der Waals surface area contributed by atoms with Crippen LogP contribution < -0.4 is 5.56 Å². The number of para-hydroxylation sites is 1. The summed E-state index contributed by atoms with van der Waals surface area (Å²) in [5.74, 6) is -0.184. The molecule has 3 rings (SSSR count). The van der Waals surface area contributed by atoms with Crippen LogP contribution in [-0.4, -0.2) is 14.5 Å². The molecule has 2 heterocycles. The maximum Gasteiger partial charge on any atom is 0.265 e. The van der Waals surface area contributed by atoms with Gasteiger partial charge in [-0.1, -0.05) is 23.5 Å². The molecule has 0 aliphatic rings. The number of hydrogen-bond acceptors (Lipinski definition) is 4. The minimum Gasteiger partial charge on any atom is -0.493 e. The average Bonchev–Trinajstić information content (AvgIpc) is 2.64. The van der Waals surface area contributed by atoms with Gasteiger partial charge in [0.05, 0.1) is 15.8 Å². The van der Waals surface area contributed by atoms with E-state index in [1.807, 2.05) is 24.3 Å². The molecule has 0 aliphatic heterocycles. The molecule has 0 aliphatic carbocycles. The predicted octanol–water partition coefficient (Wildman–Crippen LogP) is 1.92. The van der Waals surface area contributed by atoms with Crippen LogP contribution >= 0.6 is 11.3 Å². The van der Waals surface area contributed by atoms with Gasteiger partial charge in [0.2, 0.25) is 10.8 Å². The monoisotopic (exact) mass is 232 g/mol. The molecule has 1 aromatic carbocycles. The van der Waals surface area contributed by atoms with Gasteiger partial charge in [-0.3, -0.25) is 9.20 Å². The van der Waals surface area contributed by atoms with Gasteiger partial charge in [0, 0.05) is 0 Å². The summed E-state index contributed by atoms with van der Waals surface area (Å²) < 4.78 is 2.52. The van der Waals surface area contributed by atoms with Crippen LogP contribution in [-0.2, 0) is 0 Å². The Bertz CT molecular complexity index is 758. The highest BCUT2D eigenvalue weighted by Gasteiger charge is 2.12. The van der Waals surface area contributed by atoms with E-state index in [0.29, 0.717) is 4.96 Å². The van der Waals surface area contributed by atoms with Crippen LogP contribution in [0.2, 0.25) is 0 Å². The fraction of sp³-hybridized carbons (Fsp3) is 0.0909. The Labute approximate surface area is 94.4 Å². The number of fused-ring (bicyclic) bond motifs is 3. The molecule has 0 radical (unpaired) electrons. The molecular formula is C11H8N2O2S. The van der Waals surface area contributed by atoms with Gasteiger partial charge >= 0.3 is 0 Å². The first kappa shape index (κ1) is 9.35. The summed E-state index contributed by atoms with van der Waals surface area (Å²) in [6.45, 7) is 1.57. The standard InChI is InChI=1S/C11H8N2O2S/c1-6-9(14)12-11-13(10(6)15)7-4-2-3-5-8(7)16-11/h2-5,14H,1H3. The molecule has 1 N–H and O–H groups in total. The molecule has 2 aromatic heterocycles. The summed E-state index contributed by atoms with van der Waals surface area (Å²) in [4.78, 5) is 16.5. The molecule has 16 heavy (non-hydrogen) atoms. The summed E-state index contributed by atoms with van der Waals surface area (Å²) in [7, 11) is 0. The van der Waals surface area contributed by atoms with E-state index >= 15 is 0 Å². The Balaban J connectivity index is 2.68. The number of aromatic hydroxyl groups is 1. The maximum atomic E-state index is 12.0. The molecule has 80 valence electrons. The van der Waals surface area contributed by atoms with Crippen molar-refractivity contribution in [3.8, 4) is 5.88 Å². The van der Waals surface area contributed by atoms with Crippen LogP contribution in [0, 0.1) is 6.92 Å². The summed E-state index contributed by atoms with van der Waals surface area (Å²) in [5.41, 5.74) is 0.907. The molecule has 0 saturated carbocycles. The first-order chi connectivity index (χ1) is 7.68. The van der Waals surface area contributed by atoms with Crippen molar-refractivity contribution >= 4 is 26.5 Å². The molecule has 0 atom stereocenters. The lowest BCUT2D eigenvalue weighted by Gasteiger charge is -1.98. The molecule has 5 heteroatoms. The third kappa shape index (κ3) is 1.09. The van der Waals surface area contributed by atoms with E-state index in [2.05, 4.69) is 4.98 Å². The van der Waals surface area contributed by atoms with Crippen molar-refractivity contribution in [1.82, 2.24) is 9.38 Å². The second-order valence-electron chi connectivity index (χ2n) is 3.55. The molecule has 0 unspecified atom stereocenters. The summed E-state index contributed by atoms with van der Waals surface area (Å²) in [6.07, 6.45) is 0. The van der Waals surface area contributed by atoms with Crippen LogP contribution in [0.25, 0.3) is 15.2 Å². The van der Waals surface area contributed by atoms with Gasteiger partial charge in [-0.2, -0.15) is 4.98 Å². The molecule has 0 spiro atoms. The number of nitrogens with zero attached hydrogens (tertiary/aromatic N) is 2. The lowest BCUT2D eigenvalue weighted by Crippen LogP contribution is -2.15. The van der Waals surface area contributed by atoms with Gasteiger partial charge < -0.3 is 5.11 Å². The second kappa shape index (κ2) is 3.05. The van der Waals surface area contributed by atoms with Gasteiger partial charge in [0.15, 0.2) is 0 Å². The maximum absolute atomic E-state index is 12.0. The molecular weight excluding hydrogens is 224 g/mol. The number of aromatic nitrogens is 2. The SMILES string of the molecule is Cc1c(O)nc2sc3ccccc3n2c1=O. The van der Waals surface area contributed by atoms with Crippen LogP contribution in [0.15, 0.2) is 29.1 Å². The van der Waals surface area contributed by atoms with Crippen LogP contribution in [0.1, 0.15) is 5.56 Å². The Hall–Kier alpha value is -1.88. The number of rotatable bonds is 0. The molecule has 0 bridgehead atoms. The molecule has 0 saturated heterocycles. The van der Waals surface area contributed by atoms with Crippen molar-refractivity contribution in [2.45, 2.75) is 6.92 Å². The van der Waals surface area contributed by atoms with Crippen molar-refractivity contribution in [2.75, 3.05) is 0 Å². The first-order valence-corrected chi connectivity index (χ1v) is 5.60. The third-order valence-electron chi connectivity index (χ3n) is 2.56. The largest absolute Gasteiger partial charge is 0.493 e. The van der Waals surface area contributed by atoms with E-state index in [1.165, 1.54) is 15.7 Å². The van der Waals surface area contributed by atoms with Gasteiger partial charge in [-0.05, 0) is 19.1 Å². The quantitative estimate of drug-likeness (QED) is 0.644. The van der Waals surface area contributed by atoms with Gasteiger partial charge in [0.1, 0.15) is 0 Å². The number of hydrogen-bond donors (Lipinski definition) is 1. The lowest BCUT2D eigenvalue weighted by molar-refractivity contribution is 0.448. The zero-order valence-corrected chi connectivity index (χ0v) is 9.28. The molecule has 0 amide bonds. The van der Waals surface area contributed by atoms with E-state index in [9.17, 15) is 9.90 Å². The van der Waals surface area contributed by atoms with E-state index in [-0.39, 0.29) is 17.0 Å². The fourth-order valence-electron chi connectivity index (χ4n) is 1.68. The molecule has 0 fully saturated rings. The highest BCUT2D eigenvalue weighted by Crippen LogP contribution is 2.25. The van der Waals surface area contributed by atoms with Crippen molar-refractivity contribution < 1.29 is 5.11 Å². The van der Waals surface area contributed by atoms with Crippen LogP contribution in [0.5, 0.6) is 5.88 Å². The Morgan fingerprint density at radius 1 is 1.38 bits per heavy atom. The van der Waals surface area contributed by atoms with Gasteiger partial charge in [-0.15, -0.1) is 0 Å². The minimum atomic E-state index is -0.208. The summed E-state index contributed by atoms with van der Waals surface area (Å²) in [6, 6.07) is 7.59. The zero-order chi connectivity index (χ0) is 11.3. The topological polar surface area (TPSA) is 54.6 Å². The first-order valence-electron chi connectivity index (χ1n) is 4.78. The highest BCUT2D eigenvalue weighted by molar-refractivity contribution is 7.23. The van der Waals surface area contributed by atoms with Crippen molar-refractivity contribution in [1.29, 1.82) is 0 Å². The third-order valence-corrected chi connectivity index (χ3v) is 3.58. The van der Waals surface area contributed by atoms with E-state index in [4.69, 9.17) is 0 Å². The Morgan fingerprint density at radius 3 is 2.94 bits per heavy atom. The van der Waals surface area contributed by atoms with Crippen molar-refractivity contribution in [3.63, 3.8) is 0 Å². The Morgan fingerprint density at radius 2 is 2.12 bits per heavy atom. The minimum absolute atomic E-state index is 0.184. The van der Waals surface area contributed by atoms with E-state index in [0.717, 1.165) is 10.2 Å². The molecule has 3 aromatic rings. The fourth-order valence-corrected chi connectivity index (χ4v) is 2.69. The van der Waals surface area contributed by atoms with Crippen LogP contribution in [0.3, 0.4) is 0 Å². The van der Waals surface area contributed by atoms with Gasteiger partial charge in [-0.25, -0.2) is 0 Å². The smallest absolute Gasteiger partial charge is 0.265 e. The van der Waals surface area contributed by atoms with Crippen molar-refractivity contribution in [2.24, 2.45) is 0 Å². The highest BCUT2D eigenvalue weighted by atomic mass is 32.1. The summed E-state index contributed by atoms with van der Waals surface area (Å²) >= 11 is 1.39. The normalized spacial score (nSPS) is 11.3. The Kier molecular flexibility index (Phi) is 1.79.